The molecule has 0 aliphatic rings. The van der Waals surface area contributed by atoms with Gasteiger partial charge in [-0.1, -0.05) is 41.5 Å². The van der Waals surface area contributed by atoms with Gasteiger partial charge in [0.05, 0.1) is 0 Å². The molecule has 1 aromatic rings. The zero-order chi connectivity index (χ0) is 11.8. The van der Waals surface area contributed by atoms with Crippen LogP contribution in [-0.2, 0) is 0 Å². The molecule has 1 aromatic carbocycles. The SMILES string of the molecule is CC(=O)c1ccccc1C=CCCN=[N+]=[N-]. The van der Waals surface area contributed by atoms with E-state index < -0.39 is 0 Å². The first-order chi connectivity index (χ1) is 7.75. The summed E-state index contributed by atoms with van der Waals surface area (Å²) in [5.41, 5.74) is 9.70. The normalized spacial score (nSPS) is 10.1. The number of ketones is 1. The third-order valence-corrected chi connectivity index (χ3v) is 2.10. The van der Waals surface area contributed by atoms with Crippen LogP contribution in [-0.4, -0.2) is 12.3 Å². The standard InChI is InChI=1S/C12H13N3O/c1-10(16)12-8-3-2-6-11(12)7-4-5-9-14-15-13/h2-4,6-8H,5,9H2,1H3. The molecule has 0 atom stereocenters. The lowest BCUT2D eigenvalue weighted by molar-refractivity contribution is 0.101. The maximum Gasteiger partial charge on any atom is 0.160 e. The molecule has 0 radical (unpaired) electrons. The molecule has 0 unspecified atom stereocenters. The Morgan fingerprint density at radius 1 is 1.50 bits per heavy atom. The van der Waals surface area contributed by atoms with Gasteiger partial charge in [0.2, 0.25) is 0 Å². The molecule has 82 valence electrons. The number of rotatable bonds is 5. The minimum Gasteiger partial charge on any atom is -0.294 e. The maximum atomic E-state index is 11.3. The number of azide groups is 1. The van der Waals surface area contributed by atoms with Crippen molar-refractivity contribution in [2.45, 2.75) is 13.3 Å². The van der Waals surface area contributed by atoms with Crippen LogP contribution in [0.4, 0.5) is 0 Å². The van der Waals surface area contributed by atoms with E-state index in [4.69, 9.17) is 5.53 Å². The second-order valence-corrected chi connectivity index (χ2v) is 3.29. The van der Waals surface area contributed by atoms with Crippen LogP contribution in [0.5, 0.6) is 0 Å². The van der Waals surface area contributed by atoms with Gasteiger partial charge in [0.15, 0.2) is 5.78 Å². The monoisotopic (exact) mass is 215 g/mol. The van der Waals surface area contributed by atoms with E-state index in [9.17, 15) is 4.79 Å². The number of hydrogen-bond donors (Lipinski definition) is 0. The second kappa shape index (κ2) is 6.43. The van der Waals surface area contributed by atoms with Crippen LogP contribution in [0.25, 0.3) is 16.5 Å². The highest BCUT2D eigenvalue weighted by molar-refractivity contribution is 5.97. The molecule has 4 nitrogen and oxygen atoms in total. The van der Waals surface area contributed by atoms with Gasteiger partial charge < -0.3 is 0 Å². The lowest BCUT2D eigenvalue weighted by Gasteiger charge is -2.00. The number of carbonyl (C=O) groups is 1. The molecule has 16 heavy (non-hydrogen) atoms. The average Bonchev–Trinajstić information content (AvgIpc) is 2.29. The van der Waals surface area contributed by atoms with Crippen LogP contribution >= 0.6 is 0 Å². The van der Waals surface area contributed by atoms with Gasteiger partial charge in [-0.15, -0.1) is 0 Å². The quantitative estimate of drug-likeness (QED) is 0.243. The van der Waals surface area contributed by atoms with Crippen molar-refractivity contribution >= 4 is 11.9 Å². The van der Waals surface area contributed by atoms with Crippen LogP contribution < -0.4 is 0 Å². The van der Waals surface area contributed by atoms with Gasteiger partial charge in [-0.3, -0.25) is 4.79 Å². The Morgan fingerprint density at radius 2 is 2.25 bits per heavy atom. The van der Waals surface area contributed by atoms with Crippen LogP contribution in [0, 0.1) is 0 Å². The second-order valence-electron chi connectivity index (χ2n) is 3.29. The Hall–Kier alpha value is -2.06. The van der Waals surface area contributed by atoms with Gasteiger partial charge in [0.1, 0.15) is 0 Å². The fourth-order valence-corrected chi connectivity index (χ4v) is 1.35. The lowest BCUT2D eigenvalue weighted by Crippen LogP contribution is -1.94. The first-order valence-corrected chi connectivity index (χ1v) is 5.03. The number of Topliss-reactive ketones (excluding diaryl/α,β-unsaturated/α-hetero) is 1. The number of benzene rings is 1. The van der Waals surface area contributed by atoms with Crippen molar-refractivity contribution in [2.24, 2.45) is 5.11 Å². The van der Waals surface area contributed by atoms with E-state index in [2.05, 4.69) is 10.0 Å². The van der Waals surface area contributed by atoms with Crippen molar-refractivity contribution in [3.63, 3.8) is 0 Å². The highest BCUT2D eigenvalue weighted by Crippen LogP contribution is 2.11. The third kappa shape index (κ3) is 3.59. The number of nitrogens with zero attached hydrogens (tertiary/aromatic N) is 3. The zero-order valence-corrected chi connectivity index (χ0v) is 9.13. The Kier molecular flexibility index (Phi) is 4.83. The maximum absolute atomic E-state index is 11.3. The summed E-state index contributed by atoms with van der Waals surface area (Å²) in [6, 6.07) is 7.42. The van der Waals surface area contributed by atoms with Gasteiger partial charge in [-0.05, 0) is 24.4 Å². The molecule has 0 aliphatic carbocycles. The highest BCUT2D eigenvalue weighted by Gasteiger charge is 2.02. The Labute approximate surface area is 94.2 Å². The van der Waals surface area contributed by atoms with Gasteiger partial charge >= 0.3 is 0 Å². The van der Waals surface area contributed by atoms with Crippen LogP contribution in [0.2, 0.25) is 0 Å². The van der Waals surface area contributed by atoms with Crippen LogP contribution in [0.15, 0.2) is 35.5 Å². The molecule has 0 aromatic heterocycles. The van der Waals surface area contributed by atoms with Crippen molar-refractivity contribution in [3.8, 4) is 0 Å². The van der Waals surface area contributed by atoms with Crippen LogP contribution in [0.3, 0.4) is 0 Å². The summed E-state index contributed by atoms with van der Waals surface area (Å²) in [6.07, 6.45) is 4.45. The first-order valence-electron chi connectivity index (χ1n) is 5.03. The fraction of sp³-hybridized carbons (Fsp3) is 0.250. The number of hydrogen-bond acceptors (Lipinski definition) is 2. The summed E-state index contributed by atoms with van der Waals surface area (Å²) in [5, 5.41) is 3.42. The molecule has 0 amide bonds. The Balaban J connectivity index is 2.72. The Bertz CT molecular complexity index is 445. The molecule has 0 fully saturated rings. The summed E-state index contributed by atoms with van der Waals surface area (Å²) < 4.78 is 0. The van der Waals surface area contributed by atoms with Crippen molar-refractivity contribution < 1.29 is 4.79 Å². The van der Waals surface area contributed by atoms with Gasteiger partial charge in [-0.2, -0.15) is 0 Å². The van der Waals surface area contributed by atoms with E-state index in [-0.39, 0.29) is 5.78 Å². The molecule has 0 bridgehead atoms. The molecular formula is C12H13N3O. The lowest BCUT2D eigenvalue weighted by atomic mass is 10.0. The molecule has 1 rings (SSSR count). The summed E-state index contributed by atoms with van der Waals surface area (Å²) in [5.74, 6) is 0.0512. The molecule has 0 heterocycles. The predicted molar refractivity (Wildman–Crippen MR) is 64.1 cm³/mol. The molecule has 0 N–H and O–H groups in total. The van der Waals surface area contributed by atoms with Gasteiger partial charge in [-0.25, -0.2) is 0 Å². The third-order valence-electron chi connectivity index (χ3n) is 2.10. The van der Waals surface area contributed by atoms with E-state index >= 15 is 0 Å². The molecular weight excluding hydrogens is 202 g/mol. The minimum absolute atomic E-state index is 0.0512. The molecule has 0 saturated heterocycles. The van der Waals surface area contributed by atoms with E-state index in [1.165, 1.54) is 0 Å². The van der Waals surface area contributed by atoms with E-state index in [1.807, 2.05) is 30.4 Å². The van der Waals surface area contributed by atoms with E-state index in [1.54, 1.807) is 13.0 Å². The predicted octanol–water partition coefficient (Wildman–Crippen LogP) is 3.60. The largest absolute Gasteiger partial charge is 0.294 e. The van der Waals surface area contributed by atoms with Crippen molar-refractivity contribution in [2.75, 3.05) is 6.54 Å². The van der Waals surface area contributed by atoms with Crippen LogP contribution in [0.1, 0.15) is 29.3 Å². The summed E-state index contributed by atoms with van der Waals surface area (Å²) >= 11 is 0. The molecule has 0 saturated carbocycles. The Morgan fingerprint density at radius 3 is 2.94 bits per heavy atom. The number of carbonyl (C=O) groups excluding carboxylic acids is 1. The van der Waals surface area contributed by atoms with Gasteiger partial charge in [0, 0.05) is 17.0 Å². The molecule has 4 heteroatoms. The molecule has 0 spiro atoms. The minimum atomic E-state index is 0.0512. The highest BCUT2D eigenvalue weighted by atomic mass is 16.1. The van der Waals surface area contributed by atoms with Gasteiger partial charge in [0.25, 0.3) is 0 Å². The van der Waals surface area contributed by atoms with Crippen molar-refractivity contribution in [3.05, 3.63) is 51.9 Å². The topological polar surface area (TPSA) is 65.8 Å². The summed E-state index contributed by atoms with van der Waals surface area (Å²) in [7, 11) is 0. The zero-order valence-electron chi connectivity index (χ0n) is 9.13. The van der Waals surface area contributed by atoms with E-state index in [0.29, 0.717) is 18.5 Å². The first kappa shape index (κ1) is 12.0. The molecule has 0 aliphatic heterocycles. The van der Waals surface area contributed by atoms with Crippen molar-refractivity contribution in [1.29, 1.82) is 0 Å². The fourth-order valence-electron chi connectivity index (χ4n) is 1.35. The smallest absolute Gasteiger partial charge is 0.160 e. The summed E-state index contributed by atoms with van der Waals surface area (Å²) in [4.78, 5) is 14.0. The summed E-state index contributed by atoms with van der Waals surface area (Å²) in [6.45, 7) is 1.99. The average molecular weight is 215 g/mol. The van der Waals surface area contributed by atoms with E-state index in [0.717, 1.165) is 5.56 Å². The van der Waals surface area contributed by atoms with Crippen molar-refractivity contribution in [1.82, 2.24) is 0 Å².